The van der Waals surface area contributed by atoms with E-state index in [1.165, 1.54) is 6.07 Å². The van der Waals surface area contributed by atoms with Crippen molar-refractivity contribution in [2.24, 2.45) is 0 Å². The van der Waals surface area contributed by atoms with Crippen LogP contribution < -0.4 is 19.1 Å². The molecule has 1 atom stereocenters. The molecule has 2 aromatic carbocycles. The molecule has 0 radical (unpaired) electrons. The van der Waals surface area contributed by atoms with Crippen molar-refractivity contribution in [1.29, 1.82) is 0 Å². The highest BCUT2D eigenvalue weighted by Crippen LogP contribution is 2.35. The molecule has 2 aromatic rings. The van der Waals surface area contributed by atoms with Crippen molar-refractivity contribution >= 4 is 21.6 Å². The molecule has 29 heavy (non-hydrogen) atoms. The van der Waals surface area contributed by atoms with E-state index in [4.69, 9.17) is 9.47 Å². The number of hydrogen-bond acceptors (Lipinski definition) is 6. The van der Waals surface area contributed by atoms with Gasteiger partial charge in [-0.3, -0.25) is 4.79 Å². The number of rotatable bonds is 6. The molecule has 0 bridgehead atoms. The van der Waals surface area contributed by atoms with E-state index in [9.17, 15) is 13.2 Å². The first kappa shape index (κ1) is 19.7. The molecule has 4 rings (SSSR count). The predicted molar refractivity (Wildman–Crippen MR) is 108 cm³/mol. The number of ether oxygens (including phenoxy) is 2. The van der Waals surface area contributed by atoms with Gasteiger partial charge in [-0.1, -0.05) is 6.07 Å². The zero-order valence-corrected chi connectivity index (χ0v) is 17.3. The standard InChI is InChI=1S/C20H23N3O5S/c1-22(2)17(13-4-7-18-19(9-13)28-12-27-18)11-21-29(25,26)15-5-6-16-14(8-15)10-20(24)23(16)3/h4-9,17,21H,10-12H2,1-3H3/t17-/m1/s1. The average molecular weight is 417 g/mol. The van der Waals surface area contributed by atoms with Crippen LogP contribution in [0.15, 0.2) is 41.3 Å². The van der Waals surface area contributed by atoms with Crippen molar-refractivity contribution in [2.75, 3.05) is 39.4 Å². The molecule has 154 valence electrons. The maximum atomic E-state index is 12.9. The Morgan fingerprint density at radius 2 is 1.90 bits per heavy atom. The summed E-state index contributed by atoms with van der Waals surface area (Å²) in [7, 11) is 1.74. The predicted octanol–water partition coefficient (Wildman–Crippen LogP) is 1.52. The second-order valence-electron chi connectivity index (χ2n) is 7.36. The first-order valence-electron chi connectivity index (χ1n) is 9.21. The normalized spacial score (nSPS) is 16.4. The van der Waals surface area contributed by atoms with Gasteiger partial charge in [0.15, 0.2) is 11.5 Å². The van der Waals surface area contributed by atoms with E-state index >= 15 is 0 Å². The molecule has 2 heterocycles. The zero-order valence-electron chi connectivity index (χ0n) is 16.5. The van der Waals surface area contributed by atoms with E-state index in [1.807, 2.05) is 37.2 Å². The maximum Gasteiger partial charge on any atom is 0.240 e. The Bertz CT molecular complexity index is 1070. The first-order valence-corrected chi connectivity index (χ1v) is 10.7. The van der Waals surface area contributed by atoms with Gasteiger partial charge in [0.2, 0.25) is 22.7 Å². The molecular formula is C20H23N3O5S. The van der Waals surface area contributed by atoms with Crippen LogP contribution in [0.2, 0.25) is 0 Å². The lowest BCUT2D eigenvalue weighted by Gasteiger charge is -2.25. The van der Waals surface area contributed by atoms with Crippen molar-refractivity contribution in [3.8, 4) is 11.5 Å². The lowest BCUT2D eigenvalue weighted by Crippen LogP contribution is -2.34. The minimum Gasteiger partial charge on any atom is -0.454 e. The zero-order chi connectivity index (χ0) is 20.8. The number of anilines is 1. The summed E-state index contributed by atoms with van der Waals surface area (Å²) < 4.78 is 39.2. The van der Waals surface area contributed by atoms with Crippen molar-refractivity contribution < 1.29 is 22.7 Å². The summed E-state index contributed by atoms with van der Waals surface area (Å²) in [5, 5.41) is 0. The fourth-order valence-electron chi connectivity index (χ4n) is 3.60. The van der Waals surface area contributed by atoms with Crippen LogP contribution in [0.3, 0.4) is 0 Å². The van der Waals surface area contributed by atoms with E-state index in [2.05, 4.69) is 4.72 Å². The molecule has 0 aliphatic carbocycles. The van der Waals surface area contributed by atoms with Crippen molar-refractivity contribution in [2.45, 2.75) is 17.4 Å². The highest BCUT2D eigenvalue weighted by Gasteiger charge is 2.27. The summed E-state index contributed by atoms with van der Waals surface area (Å²) in [5.41, 5.74) is 2.39. The van der Waals surface area contributed by atoms with Gasteiger partial charge < -0.3 is 19.3 Å². The Morgan fingerprint density at radius 1 is 1.14 bits per heavy atom. The molecule has 2 aliphatic rings. The highest BCUT2D eigenvalue weighted by molar-refractivity contribution is 7.89. The second-order valence-corrected chi connectivity index (χ2v) is 9.13. The summed E-state index contributed by atoms with van der Waals surface area (Å²) in [5.74, 6) is 1.30. The molecule has 8 nitrogen and oxygen atoms in total. The van der Waals surface area contributed by atoms with Crippen LogP contribution in [0.4, 0.5) is 5.69 Å². The number of nitrogens with zero attached hydrogens (tertiary/aromatic N) is 2. The number of amides is 1. The summed E-state index contributed by atoms with van der Waals surface area (Å²) in [4.78, 5) is 15.5. The number of carbonyl (C=O) groups excluding carboxylic acids is 1. The van der Waals surface area contributed by atoms with Crippen molar-refractivity contribution in [3.05, 3.63) is 47.5 Å². The molecule has 0 spiro atoms. The number of hydrogen-bond donors (Lipinski definition) is 1. The number of carbonyl (C=O) groups is 1. The fraction of sp³-hybridized carbons (Fsp3) is 0.350. The number of likely N-dealkylation sites (N-methyl/N-ethyl adjacent to an activating group) is 2. The lowest BCUT2D eigenvalue weighted by molar-refractivity contribution is -0.117. The number of nitrogens with one attached hydrogen (secondary N) is 1. The van der Waals surface area contributed by atoms with Crippen LogP contribution in [0.1, 0.15) is 17.2 Å². The van der Waals surface area contributed by atoms with Gasteiger partial charge in [0, 0.05) is 25.3 Å². The Hall–Kier alpha value is -2.62. The van der Waals surface area contributed by atoms with E-state index in [1.54, 1.807) is 24.1 Å². The molecule has 0 saturated heterocycles. The minimum atomic E-state index is -3.73. The van der Waals surface area contributed by atoms with Crippen LogP contribution in [-0.4, -0.2) is 53.7 Å². The Labute approximate surface area is 170 Å². The number of fused-ring (bicyclic) bond motifs is 2. The molecule has 0 aromatic heterocycles. The van der Waals surface area contributed by atoms with Gasteiger partial charge >= 0.3 is 0 Å². The van der Waals surface area contributed by atoms with E-state index in [-0.39, 0.29) is 36.6 Å². The van der Waals surface area contributed by atoms with E-state index in [0.29, 0.717) is 11.5 Å². The summed E-state index contributed by atoms with van der Waals surface area (Å²) in [6, 6.07) is 10.2. The van der Waals surface area contributed by atoms with Gasteiger partial charge in [0.25, 0.3) is 0 Å². The molecule has 1 amide bonds. The summed E-state index contributed by atoms with van der Waals surface area (Å²) in [6.07, 6.45) is 0.215. The van der Waals surface area contributed by atoms with Crippen LogP contribution in [0, 0.1) is 0 Å². The molecular weight excluding hydrogens is 394 g/mol. The lowest BCUT2D eigenvalue weighted by atomic mass is 10.1. The monoisotopic (exact) mass is 417 g/mol. The van der Waals surface area contributed by atoms with Gasteiger partial charge in [-0.15, -0.1) is 0 Å². The van der Waals surface area contributed by atoms with E-state index in [0.717, 1.165) is 16.8 Å². The van der Waals surface area contributed by atoms with Gasteiger partial charge in [-0.05, 0) is 55.6 Å². The van der Waals surface area contributed by atoms with Gasteiger partial charge in [-0.2, -0.15) is 0 Å². The van der Waals surface area contributed by atoms with Gasteiger partial charge in [-0.25, -0.2) is 13.1 Å². The van der Waals surface area contributed by atoms with Crippen LogP contribution in [0.5, 0.6) is 11.5 Å². The van der Waals surface area contributed by atoms with Gasteiger partial charge in [0.1, 0.15) is 0 Å². The molecule has 2 aliphatic heterocycles. The largest absolute Gasteiger partial charge is 0.454 e. The smallest absolute Gasteiger partial charge is 0.240 e. The third-order valence-electron chi connectivity index (χ3n) is 5.31. The topological polar surface area (TPSA) is 88.2 Å². The quantitative estimate of drug-likeness (QED) is 0.767. The van der Waals surface area contributed by atoms with Crippen LogP contribution in [-0.2, 0) is 21.2 Å². The third kappa shape index (κ3) is 3.68. The van der Waals surface area contributed by atoms with Gasteiger partial charge in [0.05, 0.1) is 11.3 Å². The number of benzene rings is 2. The Balaban J connectivity index is 1.53. The molecule has 9 heteroatoms. The van der Waals surface area contributed by atoms with Crippen molar-refractivity contribution in [3.63, 3.8) is 0 Å². The van der Waals surface area contributed by atoms with Crippen LogP contribution >= 0.6 is 0 Å². The Morgan fingerprint density at radius 3 is 2.66 bits per heavy atom. The minimum absolute atomic E-state index is 0.0435. The molecule has 0 saturated carbocycles. The maximum absolute atomic E-state index is 12.9. The summed E-state index contributed by atoms with van der Waals surface area (Å²) in [6.45, 7) is 0.374. The fourth-order valence-corrected chi connectivity index (χ4v) is 4.69. The SMILES string of the molecule is CN1C(=O)Cc2cc(S(=O)(=O)NC[C@H](c3ccc4c(c3)OCO4)N(C)C)ccc21. The third-order valence-corrected chi connectivity index (χ3v) is 6.73. The Kier molecular flexibility index (Phi) is 4.97. The highest BCUT2D eigenvalue weighted by atomic mass is 32.2. The average Bonchev–Trinajstić information content (AvgIpc) is 3.25. The summed E-state index contributed by atoms with van der Waals surface area (Å²) >= 11 is 0. The van der Waals surface area contributed by atoms with Crippen LogP contribution in [0.25, 0.3) is 0 Å². The van der Waals surface area contributed by atoms with E-state index < -0.39 is 10.0 Å². The first-order chi connectivity index (χ1) is 13.8. The second kappa shape index (κ2) is 7.33. The number of sulfonamides is 1. The molecule has 1 N–H and O–H groups in total. The molecule has 0 fully saturated rings. The van der Waals surface area contributed by atoms with Crippen molar-refractivity contribution in [1.82, 2.24) is 9.62 Å². The molecule has 0 unspecified atom stereocenters.